The van der Waals surface area contributed by atoms with Gasteiger partial charge in [0, 0.05) is 6.20 Å². The number of aromatic amines is 1. The van der Waals surface area contributed by atoms with Crippen molar-refractivity contribution < 1.29 is 9.53 Å². The van der Waals surface area contributed by atoms with E-state index in [1.165, 1.54) is 18.0 Å². The molecule has 6 nitrogen and oxygen atoms in total. The molecule has 0 fully saturated rings. The Kier molecular flexibility index (Phi) is 4.99. The lowest BCUT2D eigenvalue weighted by atomic mass is 10.3. The Morgan fingerprint density at radius 1 is 1.43 bits per heavy atom. The summed E-state index contributed by atoms with van der Waals surface area (Å²) in [5, 5.41) is 3.42. The first kappa shape index (κ1) is 15.1. The van der Waals surface area contributed by atoms with Gasteiger partial charge < -0.3 is 15.0 Å². The van der Waals surface area contributed by atoms with Gasteiger partial charge in [-0.1, -0.05) is 23.9 Å². The number of methoxy groups -OCH3 is 1. The number of hydrogen-bond acceptors (Lipinski definition) is 5. The minimum atomic E-state index is -0.423. The Labute approximate surface area is 125 Å². The number of aromatic nitrogens is 2. The van der Waals surface area contributed by atoms with Gasteiger partial charge in [-0.2, -0.15) is 0 Å². The number of para-hydroxylation sites is 2. The van der Waals surface area contributed by atoms with Crippen LogP contribution in [0.2, 0.25) is 0 Å². The van der Waals surface area contributed by atoms with Crippen LogP contribution in [0.4, 0.5) is 5.69 Å². The second-order valence-corrected chi connectivity index (χ2v) is 5.22. The van der Waals surface area contributed by atoms with Gasteiger partial charge in [-0.05, 0) is 24.6 Å². The van der Waals surface area contributed by atoms with Crippen molar-refractivity contribution in [1.29, 1.82) is 0 Å². The van der Waals surface area contributed by atoms with Crippen molar-refractivity contribution in [2.75, 3.05) is 18.2 Å². The zero-order valence-electron chi connectivity index (χ0n) is 11.7. The van der Waals surface area contributed by atoms with Crippen molar-refractivity contribution in [3.8, 4) is 5.75 Å². The summed E-state index contributed by atoms with van der Waals surface area (Å²) in [5.74, 6) is 0.602. The molecule has 110 valence electrons. The van der Waals surface area contributed by atoms with Crippen molar-refractivity contribution in [1.82, 2.24) is 9.97 Å². The number of H-pyrrole nitrogens is 1. The number of nitrogens with one attached hydrogen (secondary N) is 2. The van der Waals surface area contributed by atoms with E-state index in [0.29, 0.717) is 16.5 Å². The molecular weight excluding hydrogens is 290 g/mol. The minimum Gasteiger partial charge on any atom is -0.495 e. The Balaban J connectivity index is 1.99. The number of hydrogen-bond donors (Lipinski definition) is 2. The van der Waals surface area contributed by atoms with Gasteiger partial charge in [0.1, 0.15) is 5.75 Å². The number of ether oxygens (including phenoxy) is 1. The van der Waals surface area contributed by atoms with E-state index in [2.05, 4.69) is 15.3 Å². The molecule has 0 saturated carbocycles. The molecule has 7 heteroatoms. The lowest BCUT2D eigenvalue weighted by molar-refractivity contribution is -0.113. The number of rotatable bonds is 5. The molecule has 0 bridgehead atoms. The van der Waals surface area contributed by atoms with Crippen LogP contribution >= 0.6 is 11.8 Å². The van der Waals surface area contributed by atoms with Crippen LogP contribution in [0.15, 0.2) is 40.3 Å². The van der Waals surface area contributed by atoms with Crippen LogP contribution in [0.25, 0.3) is 0 Å². The summed E-state index contributed by atoms with van der Waals surface area (Å²) in [6.07, 6.45) is 1.49. The summed E-state index contributed by atoms with van der Waals surface area (Å²) in [6.45, 7) is 1.82. The second kappa shape index (κ2) is 6.94. The van der Waals surface area contributed by atoms with Crippen molar-refractivity contribution in [3.05, 3.63) is 46.5 Å². The molecule has 0 aliphatic rings. The molecule has 2 aromatic rings. The van der Waals surface area contributed by atoms with E-state index >= 15 is 0 Å². The van der Waals surface area contributed by atoms with E-state index < -0.39 is 5.69 Å². The number of nitrogens with zero attached hydrogens (tertiary/aromatic N) is 1. The number of carbonyl (C=O) groups excluding carboxylic acids is 1. The van der Waals surface area contributed by atoms with Crippen LogP contribution in [0, 0.1) is 6.92 Å². The monoisotopic (exact) mass is 305 g/mol. The minimum absolute atomic E-state index is 0.179. The van der Waals surface area contributed by atoms with Gasteiger partial charge in [-0.25, -0.2) is 9.78 Å². The normalized spacial score (nSPS) is 10.2. The van der Waals surface area contributed by atoms with Gasteiger partial charge in [0.05, 0.1) is 23.6 Å². The molecule has 1 aromatic carbocycles. The van der Waals surface area contributed by atoms with Crippen molar-refractivity contribution in [2.24, 2.45) is 0 Å². The van der Waals surface area contributed by atoms with Crippen molar-refractivity contribution in [3.63, 3.8) is 0 Å². The number of carbonyl (C=O) groups is 1. The fraction of sp³-hybridized carbons (Fsp3) is 0.214. The Bertz CT molecular complexity index is 700. The summed E-state index contributed by atoms with van der Waals surface area (Å²) in [4.78, 5) is 29.3. The second-order valence-electron chi connectivity index (χ2n) is 4.24. The Hall–Kier alpha value is -2.28. The molecule has 2 rings (SSSR count). The highest BCUT2D eigenvalue weighted by Crippen LogP contribution is 2.24. The zero-order valence-corrected chi connectivity index (χ0v) is 12.5. The SMILES string of the molecule is COc1ccccc1NC(=O)CSc1[nH]c(=O)ncc1C. The number of aryl methyl sites for hydroxylation is 1. The number of anilines is 1. The number of benzene rings is 1. The third-order valence-corrected chi connectivity index (χ3v) is 3.80. The molecule has 1 aromatic heterocycles. The average molecular weight is 305 g/mol. The summed E-state index contributed by atoms with van der Waals surface area (Å²) in [7, 11) is 1.55. The van der Waals surface area contributed by atoms with E-state index in [9.17, 15) is 9.59 Å². The zero-order chi connectivity index (χ0) is 15.2. The highest BCUT2D eigenvalue weighted by Gasteiger charge is 2.09. The van der Waals surface area contributed by atoms with E-state index in [1.54, 1.807) is 19.2 Å². The topological polar surface area (TPSA) is 84.1 Å². The summed E-state index contributed by atoms with van der Waals surface area (Å²) in [6, 6.07) is 7.18. The highest BCUT2D eigenvalue weighted by molar-refractivity contribution is 8.00. The maximum absolute atomic E-state index is 12.0. The largest absolute Gasteiger partial charge is 0.495 e. The molecule has 0 saturated heterocycles. The molecule has 0 aliphatic heterocycles. The molecule has 21 heavy (non-hydrogen) atoms. The first-order chi connectivity index (χ1) is 10.1. The predicted molar refractivity (Wildman–Crippen MR) is 81.9 cm³/mol. The van der Waals surface area contributed by atoms with Crippen LogP contribution in [-0.4, -0.2) is 28.7 Å². The molecule has 1 amide bonds. The molecule has 1 heterocycles. The highest BCUT2D eigenvalue weighted by atomic mass is 32.2. The molecule has 0 spiro atoms. The fourth-order valence-corrected chi connectivity index (χ4v) is 2.45. The third kappa shape index (κ3) is 4.09. The fourth-order valence-electron chi connectivity index (χ4n) is 1.66. The average Bonchev–Trinajstić information content (AvgIpc) is 2.49. The van der Waals surface area contributed by atoms with Gasteiger partial charge in [-0.15, -0.1) is 0 Å². The Morgan fingerprint density at radius 3 is 2.95 bits per heavy atom. The smallest absolute Gasteiger partial charge is 0.345 e. The number of amides is 1. The quantitative estimate of drug-likeness (QED) is 0.650. The molecule has 0 radical (unpaired) electrons. The first-order valence-corrected chi connectivity index (χ1v) is 7.20. The molecular formula is C14H15N3O3S. The van der Waals surface area contributed by atoms with E-state index in [0.717, 1.165) is 5.56 Å². The summed E-state index contributed by atoms with van der Waals surface area (Å²) < 4.78 is 5.17. The van der Waals surface area contributed by atoms with Gasteiger partial charge in [0.2, 0.25) is 5.91 Å². The van der Waals surface area contributed by atoms with Crippen LogP contribution in [0.1, 0.15) is 5.56 Å². The third-order valence-electron chi connectivity index (χ3n) is 2.68. The van der Waals surface area contributed by atoms with Gasteiger partial charge in [0.25, 0.3) is 0 Å². The molecule has 0 aliphatic carbocycles. The predicted octanol–water partition coefficient (Wildman–Crippen LogP) is 1.82. The van der Waals surface area contributed by atoms with Crippen molar-refractivity contribution in [2.45, 2.75) is 11.9 Å². The number of thioether (sulfide) groups is 1. The van der Waals surface area contributed by atoms with E-state index in [-0.39, 0.29) is 11.7 Å². The van der Waals surface area contributed by atoms with Gasteiger partial charge >= 0.3 is 5.69 Å². The maximum atomic E-state index is 12.0. The van der Waals surface area contributed by atoms with E-state index in [4.69, 9.17) is 4.74 Å². The van der Waals surface area contributed by atoms with Crippen LogP contribution in [-0.2, 0) is 4.79 Å². The van der Waals surface area contributed by atoms with Gasteiger partial charge in [-0.3, -0.25) is 4.79 Å². The van der Waals surface area contributed by atoms with Gasteiger partial charge in [0.15, 0.2) is 0 Å². The lowest BCUT2D eigenvalue weighted by Gasteiger charge is -2.09. The molecule has 0 atom stereocenters. The first-order valence-electron chi connectivity index (χ1n) is 6.21. The maximum Gasteiger partial charge on any atom is 0.345 e. The van der Waals surface area contributed by atoms with Crippen LogP contribution in [0.3, 0.4) is 0 Å². The van der Waals surface area contributed by atoms with Crippen LogP contribution < -0.4 is 15.7 Å². The summed E-state index contributed by atoms with van der Waals surface area (Å²) in [5.41, 5.74) is 1.02. The van der Waals surface area contributed by atoms with E-state index in [1.807, 2.05) is 19.1 Å². The van der Waals surface area contributed by atoms with Crippen molar-refractivity contribution >= 4 is 23.4 Å². The van der Waals surface area contributed by atoms with Crippen LogP contribution in [0.5, 0.6) is 5.75 Å². The summed E-state index contributed by atoms with van der Waals surface area (Å²) >= 11 is 1.25. The Morgan fingerprint density at radius 2 is 2.19 bits per heavy atom. The standard InChI is InChI=1S/C14H15N3O3S/c1-9-7-15-14(19)17-13(9)21-8-12(18)16-10-5-3-4-6-11(10)20-2/h3-7H,8H2,1-2H3,(H,16,18)(H,15,17,19). The molecule has 2 N–H and O–H groups in total. The molecule has 0 unspecified atom stereocenters. The lowest BCUT2D eigenvalue weighted by Crippen LogP contribution is -2.16.